The van der Waals surface area contributed by atoms with Crippen LogP contribution < -0.4 is 5.32 Å². The molecule has 0 radical (unpaired) electrons. The number of nitrogens with zero attached hydrogens (tertiary/aromatic N) is 3. The molecule has 1 unspecified atom stereocenters. The maximum Gasteiger partial charge on any atom is 0.408 e. The Morgan fingerprint density at radius 3 is 2.29 bits per heavy atom. The van der Waals surface area contributed by atoms with Gasteiger partial charge in [-0.15, -0.1) is 0 Å². The maximum absolute atomic E-state index is 13.1. The van der Waals surface area contributed by atoms with Crippen LogP contribution in [0.3, 0.4) is 0 Å². The van der Waals surface area contributed by atoms with Crippen molar-refractivity contribution >= 4 is 17.9 Å². The molecule has 4 fully saturated rings. The van der Waals surface area contributed by atoms with Gasteiger partial charge in [0.2, 0.25) is 5.91 Å². The molecule has 0 aromatic heterocycles. The summed E-state index contributed by atoms with van der Waals surface area (Å²) in [4.78, 5) is 44.7. The average molecular weight is 697 g/mol. The summed E-state index contributed by atoms with van der Waals surface area (Å²) in [5.41, 5.74) is 4.37. The van der Waals surface area contributed by atoms with Gasteiger partial charge in [-0.3, -0.25) is 19.4 Å². The van der Waals surface area contributed by atoms with Crippen molar-refractivity contribution in [3.05, 3.63) is 107 Å². The molecule has 11 nitrogen and oxygen atoms in total. The van der Waals surface area contributed by atoms with Gasteiger partial charge in [0.25, 0.3) is 5.91 Å². The first kappa shape index (κ1) is 35.3. The van der Waals surface area contributed by atoms with Crippen LogP contribution in [0.15, 0.2) is 78.9 Å². The molecule has 270 valence electrons. The minimum atomic E-state index is -0.963. The van der Waals surface area contributed by atoms with Crippen LogP contribution in [0.25, 0.3) is 0 Å². The van der Waals surface area contributed by atoms with Crippen LogP contribution in [0.2, 0.25) is 0 Å². The molecular formula is C40H48N4O7. The van der Waals surface area contributed by atoms with Crippen molar-refractivity contribution in [1.82, 2.24) is 20.0 Å². The lowest BCUT2D eigenvalue weighted by molar-refractivity contribution is -0.253. The first-order valence-corrected chi connectivity index (χ1v) is 18.3. The summed E-state index contributed by atoms with van der Waals surface area (Å²) < 4.78 is 18.5. The normalized spacial score (nSPS) is 25.8. The lowest BCUT2D eigenvalue weighted by Crippen LogP contribution is -2.45. The Bertz CT molecular complexity index is 1630. The van der Waals surface area contributed by atoms with Gasteiger partial charge in [0.1, 0.15) is 12.6 Å². The van der Waals surface area contributed by atoms with Gasteiger partial charge in [0, 0.05) is 31.1 Å². The third kappa shape index (κ3) is 8.85. The lowest BCUT2D eigenvalue weighted by Gasteiger charge is -2.39. The highest BCUT2D eigenvalue weighted by atomic mass is 16.7. The summed E-state index contributed by atoms with van der Waals surface area (Å²) in [6.45, 7) is 5.60. The van der Waals surface area contributed by atoms with E-state index in [1.165, 1.54) is 43.7 Å². The topological polar surface area (TPSA) is 121 Å². The van der Waals surface area contributed by atoms with Crippen molar-refractivity contribution in [2.45, 2.75) is 88.9 Å². The van der Waals surface area contributed by atoms with Crippen molar-refractivity contribution in [3.8, 4) is 0 Å². The highest BCUT2D eigenvalue weighted by Crippen LogP contribution is 2.39. The number of hydrogen-bond donors (Lipinski definition) is 2. The SMILES string of the molecule is O=C(NC1CC(=O)N(Cc2ccc([C@H]3O[C@@H](CN4CCC[C@H]4CN4CCCC4)C[C@@H](c4ccc(CO)cc4)O3)cc2)C1=O)OCc1ccccc1. The molecule has 0 bridgehead atoms. The van der Waals surface area contributed by atoms with Gasteiger partial charge in [-0.25, -0.2) is 4.79 Å². The smallest absolute Gasteiger partial charge is 0.408 e. The number of carbonyl (C=O) groups is 3. The molecule has 3 aromatic rings. The molecule has 0 spiro atoms. The highest BCUT2D eigenvalue weighted by Gasteiger charge is 2.40. The number of likely N-dealkylation sites (tertiary alicyclic amines) is 3. The predicted molar refractivity (Wildman–Crippen MR) is 189 cm³/mol. The van der Waals surface area contributed by atoms with Crippen LogP contribution >= 0.6 is 0 Å². The Hall–Kier alpha value is -4.13. The molecule has 51 heavy (non-hydrogen) atoms. The second-order valence-corrected chi connectivity index (χ2v) is 14.2. The number of benzene rings is 3. The van der Waals surface area contributed by atoms with Crippen LogP contribution in [-0.2, 0) is 43.6 Å². The van der Waals surface area contributed by atoms with Gasteiger partial charge in [-0.05, 0) is 67.6 Å². The zero-order valence-corrected chi connectivity index (χ0v) is 29.0. The van der Waals surface area contributed by atoms with Gasteiger partial charge in [0.05, 0.1) is 31.8 Å². The van der Waals surface area contributed by atoms with Crippen LogP contribution in [0.1, 0.15) is 78.7 Å². The van der Waals surface area contributed by atoms with E-state index < -0.39 is 24.3 Å². The number of hydrogen-bond acceptors (Lipinski definition) is 9. The molecule has 3 amide bonds. The highest BCUT2D eigenvalue weighted by molar-refractivity contribution is 6.06. The molecule has 4 aliphatic rings. The van der Waals surface area contributed by atoms with Crippen molar-refractivity contribution in [2.75, 3.05) is 32.7 Å². The number of aliphatic hydroxyl groups excluding tert-OH is 1. The van der Waals surface area contributed by atoms with Gasteiger partial charge in [-0.2, -0.15) is 0 Å². The van der Waals surface area contributed by atoms with E-state index in [2.05, 4.69) is 15.1 Å². The molecule has 0 saturated carbocycles. The van der Waals surface area contributed by atoms with Crippen LogP contribution in [0.4, 0.5) is 4.79 Å². The van der Waals surface area contributed by atoms with Gasteiger partial charge < -0.3 is 29.5 Å². The summed E-state index contributed by atoms with van der Waals surface area (Å²) in [7, 11) is 0. The summed E-state index contributed by atoms with van der Waals surface area (Å²) in [5.74, 6) is -0.804. The summed E-state index contributed by atoms with van der Waals surface area (Å²) in [5, 5.41) is 12.1. The Morgan fingerprint density at radius 1 is 0.824 bits per heavy atom. The number of carbonyl (C=O) groups excluding carboxylic acids is 3. The Morgan fingerprint density at radius 2 is 1.55 bits per heavy atom. The van der Waals surface area contributed by atoms with E-state index in [9.17, 15) is 19.5 Å². The zero-order chi connectivity index (χ0) is 35.2. The molecule has 3 aromatic carbocycles. The first-order chi connectivity index (χ1) is 24.9. The molecule has 7 rings (SSSR count). The third-order valence-corrected chi connectivity index (χ3v) is 10.6. The number of nitrogens with one attached hydrogen (secondary N) is 1. The van der Waals surface area contributed by atoms with Crippen LogP contribution in [0, 0.1) is 0 Å². The first-order valence-electron chi connectivity index (χ1n) is 18.3. The molecule has 4 heterocycles. The molecule has 4 saturated heterocycles. The largest absolute Gasteiger partial charge is 0.445 e. The quantitative estimate of drug-likeness (QED) is 0.257. The van der Waals surface area contributed by atoms with E-state index in [0.29, 0.717) is 6.04 Å². The fourth-order valence-electron chi connectivity index (χ4n) is 7.73. The standard InChI is InChI=1S/C40H48N4O7/c45-26-29-12-14-31(15-13-29)36-21-34(25-43-20-6-9-33(43)24-42-18-4-5-19-42)50-39(51-36)32-16-10-28(11-17-32)23-44-37(46)22-35(38(44)47)41-40(48)49-27-30-7-2-1-3-8-30/h1-3,7-8,10-17,33-36,39,45H,4-6,9,18-27H2,(H,41,48)/t33-,34+,35?,36-,39-/m0/s1. The van der Waals surface area contributed by atoms with E-state index in [0.717, 1.165) is 53.9 Å². The third-order valence-electron chi connectivity index (χ3n) is 10.6. The maximum atomic E-state index is 13.1. The molecule has 5 atom stereocenters. The lowest BCUT2D eigenvalue weighted by atomic mass is 9.99. The van der Waals surface area contributed by atoms with Crippen LogP contribution in [-0.4, -0.2) is 88.6 Å². The van der Waals surface area contributed by atoms with E-state index in [4.69, 9.17) is 14.2 Å². The van der Waals surface area contributed by atoms with Gasteiger partial charge >= 0.3 is 6.09 Å². The predicted octanol–water partition coefficient (Wildman–Crippen LogP) is 4.84. The Balaban J connectivity index is 0.987. The average Bonchev–Trinajstić information content (AvgIpc) is 3.90. The Kier molecular flexibility index (Phi) is 11.4. The van der Waals surface area contributed by atoms with Crippen molar-refractivity contribution in [2.24, 2.45) is 0 Å². The van der Waals surface area contributed by atoms with Crippen molar-refractivity contribution < 1.29 is 33.7 Å². The van der Waals surface area contributed by atoms with E-state index in [1.807, 2.05) is 78.9 Å². The molecule has 0 aliphatic carbocycles. The number of imide groups is 1. The van der Waals surface area contributed by atoms with E-state index >= 15 is 0 Å². The number of ether oxygens (including phenoxy) is 3. The summed E-state index contributed by atoms with van der Waals surface area (Å²) in [6.07, 6.45) is 4.08. The minimum absolute atomic E-state index is 0.00698. The number of rotatable bonds is 12. The molecule has 2 N–H and O–H groups in total. The number of aliphatic hydroxyl groups is 1. The van der Waals surface area contributed by atoms with Gasteiger partial charge in [-0.1, -0.05) is 78.9 Å². The van der Waals surface area contributed by atoms with Crippen molar-refractivity contribution in [1.29, 1.82) is 0 Å². The zero-order valence-electron chi connectivity index (χ0n) is 29.0. The minimum Gasteiger partial charge on any atom is -0.445 e. The summed E-state index contributed by atoms with van der Waals surface area (Å²) in [6, 6.07) is 24.4. The fourth-order valence-corrected chi connectivity index (χ4v) is 7.73. The van der Waals surface area contributed by atoms with E-state index in [-0.39, 0.29) is 44.3 Å². The fraction of sp³-hybridized carbons (Fsp3) is 0.475. The Labute approximate surface area is 299 Å². The number of amides is 3. The number of alkyl carbamates (subject to hydrolysis) is 1. The monoisotopic (exact) mass is 696 g/mol. The van der Waals surface area contributed by atoms with Crippen LogP contribution in [0.5, 0.6) is 0 Å². The molecular weight excluding hydrogens is 648 g/mol. The molecule has 4 aliphatic heterocycles. The summed E-state index contributed by atoms with van der Waals surface area (Å²) >= 11 is 0. The van der Waals surface area contributed by atoms with E-state index in [1.54, 1.807) is 0 Å². The second kappa shape index (κ2) is 16.5. The van der Waals surface area contributed by atoms with Gasteiger partial charge in [0.15, 0.2) is 6.29 Å². The van der Waals surface area contributed by atoms with Crippen molar-refractivity contribution in [3.63, 3.8) is 0 Å². The molecule has 11 heteroatoms. The second-order valence-electron chi connectivity index (χ2n) is 14.2.